The van der Waals surface area contributed by atoms with E-state index < -0.39 is 23.5 Å². The summed E-state index contributed by atoms with van der Waals surface area (Å²) in [6.07, 6.45) is -1.10. The van der Waals surface area contributed by atoms with Crippen molar-refractivity contribution in [3.63, 3.8) is 0 Å². The normalized spacial score (nSPS) is 10.9. The van der Waals surface area contributed by atoms with E-state index >= 15 is 0 Å². The Morgan fingerprint density at radius 1 is 1.37 bits per heavy atom. The van der Waals surface area contributed by atoms with Crippen LogP contribution in [-0.4, -0.2) is 22.8 Å². The van der Waals surface area contributed by atoms with E-state index in [1.54, 1.807) is 20.8 Å². The van der Waals surface area contributed by atoms with Crippen LogP contribution in [0.15, 0.2) is 18.2 Å². The minimum atomic E-state index is -1.11. The lowest BCUT2D eigenvalue weighted by Crippen LogP contribution is -2.27. The fraction of sp³-hybridized carbons (Fsp3) is 0.385. The molecule has 1 aromatic carbocycles. The molecule has 1 rings (SSSR count). The molecule has 1 amide bonds. The summed E-state index contributed by atoms with van der Waals surface area (Å²) in [6, 6.07) is 3.51. The monoisotopic (exact) mass is 269 g/mol. The van der Waals surface area contributed by atoms with Crippen LogP contribution in [0.25, 0.3) is 0 Å². The summed E-state index contributed by atoms with van der Waals surface area (Å²) in [5, 5.41) is 11.1. The van der Waals surface area contributed by atoms with Crippen molar-refractivity contribution in [1.29, 1.82) is 0 Å². The average Bonchev–Trinajstić information content (AvgIpc) is 2.18. The van der Waals surface area contributed by atoms with Crippen molar-refractivity contribution in [2.75, 3.05) is 5.32 Å². The van der Waals surface area contributed by atoms with Gasteiger partial charge >= 0.3 is 12.1 Å². The highest BCUT2D eigenvalue weighted by Crippen LogP contribution is 2.19. The van der Waals surface area contributed by atoms with Crippen LogP contribution in [0, 0.1) is 5.82 Å². The number of carbonyl (C=O) groups is 2. The maximum Gasteiger partial charge on any atom is 0.412 e. The number of ether oxygens (including phenoxy) is 1. The molecule has 0 spiro atoms. The smallest absolute Gasteiger partial charge is 0.412 e. The highest BCUT2D eigenvalue weighted by molar-refractivity contribution is 5.87. The number of halogens is 1. The Balaban J connectivity index is 2.88. The van der Waals surface area contributed by atoms with Gasteiger partial charge in [-0.2, -0.15) is 0 Å². The number of anilines is 1. The first-order valence-corrected chi connectivity index (χ1v) is 5.67. The SMILES string of the molecule is CC(C)(C)OC(=O)Nc1ccc(F)cc1CC(=O)O. The molecule has 0 aromatic heterocycles. The number of benzene rings is 1. The molecule has 0 saturated carbocycles. The van der Waals surface area contributed by atoms with Gasteiger partial charge in [-0.1, -0.05) is 0 Å². The van der Waals surface area contributed by atoms with E-state index in [0.717, 1.165) is 12.1 Å². The first-order chi connectivity index (χ1) is 8.67. The van der Waals surface area contributed by atoms with E-state index in [1.165, 1.54) is 6.07 Å². The average molecular weight is 269 g/mol. The molecule has 5 nitrogen and oxygen atoms in total. The number of hydrogen-bond donors (Lipinski definition) is 2. The Hall–Kier alpha value is -2.11. The van der Waals surface area contributed by atoms with Crippen molar-refractivity contribution in [1.82, 2.24) is 0 Å². The Labute approximate surface area is 110 Å². The van der Waals surface area contributed by atoms with Crippen molar-refractivity contribution in [3.8, 4) is 0 Å². The standard InChI is InChI=1S/C13H16FNO4/c1-13(2,3)19-12(18)15-10-5-4-9(14)6-8(10)7-11(16)17/h4-6H,7H2,1-3H3,(H,15,18)(H,16,17). The van der Waals surface area contributed by atoms with Gasteiger partial charge in [-0.05, 0) is 44.5 Å². The minimum absolute atomic E-state index is 0.179. The Kier molecular flexibility index (Phi) is 4.47. The fourth-order valence-electron chi connectivity index (χ4n) is 1.41. The first-order valence-electron chi connectivity index (χ1n) is 5.67. The van der Waals surface area contributed by atoms with Crippen LogP contribution in [0.2, 0.25) is 0 Å². The quantitative estimate of drug-likeness (QED) is 0.884. The van der Waals surface area contributed by atoms with E-state index in [9.17, 15) is 14.0 Å². The van der Waals surface area contributed by atoms with E-state index in [0.29, 0.717) is 0 Å². The molecule has 0 fully saturated rings. The molecule has 0 aliphatic carbocycles. The van der Waals surface area contributed by atoms with Crippen molar-refractivity contribution >= 4 is 17.7 Å². The first kappa shape index (κ1) is 14.9. The van der Waals surface area contributed by atoms with E-state index in [-0.39, 0.29) is 17.7 Å². The third-order valence-electron chi connectivity index (χ3n) is 2.04. The van der Waals surface area contributed by atoms with Crippen LogP contribution in [0.3, 0.4) is 0 Å². The third-order valence-corrected chi connectivity index (χ3v) is 2.04. The predicted octanol–water partition coefficient (Wildman–Crippen LogP) is 2.80. The van der Waals surface area contributed by atoms with Gasteiger partial charge in [0.1, 0.15) is 11.4 Å². The second kappa shape index (κ2) is 5.69. The molecule has 0 aliphatic rings. The molecule has 2 N–H and O–H groups in total. The lowest BCUT2D eigenvalue weighted by molar-refractivity contribution is -0.136. The summed E-state index contributed by atoms with van der Waals surface area (Å²) in [7, 11) is 0. The maximum absolute atomic E-state index is 13.1. The molecule has 0 aliphatic heterocycles. The fourth-order valence-corrected chi connectivity index (χ4v) is 1.41. The number of amides is 1. The highest BCUT2D eigenvalue weighted by atomic mass is 19.1. The number of aliphatic carboxylic acids is 1. The molecular formula is C13H16FNO4. The number of rotatable bonds is 3. The number of nitrogens with one attached hydrogen (secondary N) is 1. The lowest BCUT2D eigenvalue weighted by Gasteiger charge is -2.20. The molecule has 0 atom stereocenters. The number of carbonyl (C=O) groups excluding carboxylic acids is 1. The summed E-state index contributed by atoms with van der Waals surface area (Å²) in [6.45, 7) is 5.11. The number of carboxylic acids is 1. The van der Waals surface area contributed by atoms with Crippen molar-refractivity contribution < 1.29 is 23.8 Å². The highest BCUT2D eigenvalue weighted by Gasteiger charge is 2.18. The van der Waals surface area contributed by atoms with Crippen LogP contribution in [-0.2, 0) is 16.0 Å². The van der Waals surface area contributed by atoms with Gasteiger partial charge < -0.3 is 9.84 Å². The molecule has 6 heteroatoms. The molecule has 0 unspecified atom stereocenters. The molecule has 19 heavy (non-hydrogen) atoms. The third kappa shape index (κ3) is 5.37. The summed E-state index contributed by atoms with van der Waals surface area (Å²) >= 11 is 0. The summed E-state index contributed by atoms with van der Waals surface area (Å²) in [5.41, 5.74) is -0.270. The molecular weight excluding hydrogens is 253 g/mol. The lowest BCUT2D eigenvalue weighted by atomic mass is 10.1. The van der Waals surface area contributed by atoms with Crippen LogP contribution in [0.1, 0.15) is 26.3 Å². The zero-order chi connectivity index (χ0) is 14.6. The van der Waals surface area contributed by atoms with Gasteiger partial charge in [0.05, 0.1) is 6.42 Å². The van der Waals surface area contributed by atoms with Crippen LogP contribution in [0.4, 0.5) is 14.9 Å². The second-order valence-electron chi connectivity index (χ2n) is 5.00. The maximum atomic E-state index is 13.1. The van der Waals surface area contributed by atoms with Gasteiger partial charge in [-0.25, -0.2) is 9.18 Å². The molecule has 0 radical (unpaired) electrons. The van der Waals surface area contributed by atoms with Gasteiger partial charge in [0.25, 0.3) is 0 Å². The van der Waals surface area contributed by atoms with Gasteiger partial charge in [-0.15, -0.1) is 0 Å². The largest absolute Gasteiger partial charge is 0.481 e. The molecule has 0 bridgehead atoms. The summed E-state index contributed by atoms with van der Waals surface area (Å²) in [5.74, 6) is -1.68. The predicted molar refractivity (Wildman–Crippen MR) is 67.6 cm³/mol. The van der Waals surface area contributed by atoms with Gasteiger partial charge in [0, 0.05) is 5.69 Å². The van der Waals surface area contributed by atoms with Crippen molar-refractivity contribution in [2.45, 2.75) is 32.8 Å². The zero-order valence-electron chi connectivity index (χ0n) is 11.0. The van der Waals surface area contributed by atoms with Gasteiger partial charge in [0.2, 0.25) is 0 Å². The topological polar surface area (TPSA) is 75.6 Å². The van der Waals surface area contributed by atoms with Gasteiger partial charge in [0.15, 0.2) is 0 Å². The molecule has 0 heterocycles. The summed E-state index contributed by atoms with van der Waals surface area (Å²) in [4.78, 5) is 22.3. The van der Waals surface area contributed by atoms with Crippen LogP contribution in [0.5, 0.6) is 0 Å². The van der Waals surface area contributed by atoms with Crippen molar-refractivity contribution in [3.05, 3.63) is 29.6 Å². The van der Waals surface area contributed by atoms with E-state index in [2.05, 4.69) is 5.32 Å². The molecule has 104 valence electrons. The van der Waals surface area contributed by atoms with Crippen LogP contribution < -0.4 is 5.32 Å². The number of carboxylic acid groups (broad SMARTS) is 1. The zero-order valence-corrected chi connectivity index (χ0v) is 11.0. The molecule has 0 saturated heterocycles. The Morgan fingerprint density at radius 3 is 2.53 bits per heavy atom. The van der Waals surface area contributed by atoms with Gasteiger partial charge in [-0.3, -0.25) is 10.1 Å². The summed E-state index contributed by atoms with van der Waals surface area (Å²) < 4.78 is 18.1. The van der Waals surface area contributed by atoms with E-state index in [1.807, 2.05) is 0 Å². The van der Waals surface area contributed by atoms with E-state index in [4.69, 9.17) is 9.84 Å². The van der Waals surface area contributed by atoms with Crippen LogP contribution >= 0.6 is 0 Å². The second-order valence-corrected chi connectivity index (χ2v) is 5.00. The Morgan fingerprint density at radius 2 is 2.00 bits per heavy atom. The minimum Gasteiger partial charge on any atom is -0.481 e. The molecule has 1 aromatic rings. The Bertz CT molecular complexity index is 494. The number of hydrogen-bond acceptors (Lipinski definition) is 3. The van der Waals surface area contributed by atoms with Crippen molar-refractivity contribution in [2.24, 2.45) is 0 Å².